The van der Waals surface area contributed by atoms with Gasteiger partial charge in [0.25, 0.3) is 11.5 Å². The molecule has 7 nitrogen and oxygen atoms in total. The summed E-state index contributed by atoms with van der Waals surface area (Å²) in [7, 11) is 0. The Bertz CT molecular complexity index is 796. The van der Waals surface area contributed by atoms with E-state index >= 15 is 0 Å². The first kappa shape index (κ1) is 16.7. The molecule has 122 valence electrons. The normalized spacial score (nSPS) is 10.8. The third-order valence-corrected chi connectivity index (χ3v) is 3.33. The lowest BCUT2D eigenvalue weighted by Gasteiger charge is -2.09. The molecule has 0 atom stereocenters. The summed E-state index contributed by atoms with van der Waals surface area (Å²) >= 11 is 0. The second-order valence-electron chi connectivity index (χ2n) is 5.61. The molecule has 2 aromatic heterocycles. The number of nitrogens with zero attached hydrogens (tertiary/aromatic N) is 2. The Morgan fingerprint density at radius 2 is 1.91 bits per heavy atom. The van der Waals surface area contributed by atoms with E-state index in [2.05, 4.69) is 15.6 Å². The highest BCUT2D eigenvalue weighted by Crippen LogP contribution is 2.01. The van der Waals surface area contributed by atoms with Gasteiger partial charge >= 0.3 is 0 Å². The van der Waals surface area contributed by atoms with Gasteiger partial charge in [0.1, 0.15) is 11.2 Å². The molecule has 2 N–H and O–H groups in total. The third kappa shape index (κ3) is 3.94. The number of hydrogen-bond donors (Lipinski definition) is 2. The smallest absolute Gasteiger partial charge is 0.270 e. The zero-order chi connectivity index (χ0) is 17.0. The van der Waals surface area contributed by atoms with Crippen molar-refractivity contribution in [3.05, 3.63) is 46.0 Å². The maximum absolute atomic E-state index is 12.3. The van der Waals surface area contributed by atoms with Crippen LogP contribution < -0.4 is 16.2 Å². The molecule has 0 aromatic carbocycles. The SMILES string of the molecule is Cc1ccc2ncc(C(=O)NCCNC(=O)C(C)C)c(=O)n2c1. The van der Waals surface area contributed by atoms with Crippen LogP contribution >= 0.6 is 0 Å². The van der Waals surface area contributed by atoms with Crippen LogP contribution in [0.2, 0.25) is 0 Å². The molecule has 2 amide bonds. The van der Waals surface area contributed by atoms with Crippen LogP contribution in [0.3, 0.4) is 0 Å². The molecule has 0 saturated carbocycles. The van der Waals surface area contributed by atoms with Crippen molar-refractivity contribution < 1.29 is 9.59 Å². The lowest BCUT2D eigenvalue weighted by atomic mass is 10.2. The van der Waals surface area contributed by atoms with E-state index in [1.54, 1.807) is 26.1 Å². The quantitative estimate of drug-likeness (QED) is 0.786. The fraction of sp³-hybridized carbons (Fsp3) is 0.375. The van der Waals surface area contributed by atoms with Gasteiger partial charge in [-0.15, -0.1) is 0 Å². The Morgan fingerprint density at radius 3 is 2.61 bits per heavy atom. The Morgan fingerprint density at radius 1 is 1.22 bits per heavy atom. The number of hydrogen-bond acceptors (Lipinski definition) is 4. The molecule has 2 aromatic rings. The minimum Gasteiger partial charge on any atom is -0.354 e. The first-order valence-corrected chi connectivity index (χ1v) is 7.44. The van der Waals surface area contributed by atoms with Gasteiger partial charge < -0.3 is 10.6 Å². The molecule has 0 radical (unpaired) electrons. The molecule has 2 heterocycles. The standard InChI is InChI=1S/C16H20N4O3/c1-10(2)14(21)17-6-7-18-15(22)12-8-19-13-5-4-11(3)9-20(13)16(12)23/h4-5,8-10H,6-7H2,1-3H3,(H,17,21)(H,18,22). The highest BCUT2D eigenvalue weighted by molar-refractivity contribution is 5.93. The average molecular weight is 316 g/mol. The number of rotatable bonds is 5. The minimum atomic E-state index is -0.503. The lowest BCUT2D eigenvalue weighted by Crippen LogP contribution is -2.38. The second-order valence-corrected chi connectivity index (χ2v) is 5.61. The number of nitrogens with one attached hydrogen (secondary N) is 2. The first-order valence-electron chi connectivity index (χ1n) is 7.44. The van der Waals surface area contributed by atoms with E-state index < -0.39 is 11.5 Å². The largest absolute Gasteiger partial charge is 0.354 e. The van der Waals surface area contributed by atoms with Gasteiger partial charge in [0.15, 0.2) is 0 Å². The van der Waals surface area contributed by atoms with Gasteiger partial charge in [-0.1, -0.05) is 19.9 Å². The van der Waals surface area contributed by atoms with Crippen molar-refractivity contribution in [2.24, 2.45) is 5.92 Å². The molecule has 0 saturated heterocycles. The minimum absolute atomic E-state index is 0.0247. The molecule has 0 fully saturated rings. The van der Waals surface area contributed by atoms with Crippen molar-refractivity contribution in [1.29, 1.82) is 0 Å². The summed E-state index contributed by atoms with van der Waals surface area (Å²) in [6.07, 6.45) is 2.92. The topological polar surface area (TPSA) is 92.6 Å². The molecule has 0 aliphatic carbocycles. The summed E-state index contributed by atoms with van der Waals surface area (Å²) in [6.45, 7) is 5.99. The van der Waals surface area contributed by atoms with Gasteiger partial charge in [-0.2, -0.15) is 0 Å². The molecule has 0 aliphatic heterocycles. The molecule has 0 aliphatic rings. The maximum Gasteiger partial charge on any atom is 0.270 e. The zero-order valence-electron chi connectivity index (χ0n) is 13.4. The lowest BCUT2D eigenvalue weighted by molar-refractivity contribution is -0.123. The predicted octanol–water partition coefficient (Wildman–Crippen LogP) is 0.505. The van der Waals surface area contributed by atoms with Gasteiger partial charge in [-0.3, -0.25) is 18.8 Å². The summed E-state index contributed by atoms with van der Waals surface area (Å²) < 4.78 is 1.35. The summed E-state index contributed by atoms with van der Waals surface area (Å²) in [5, 5.41) is 5.29. The number of pyridine rings is 1. The van der Waals surface area contributed by atoms with E-state index in [1.807, 2.05) is 13.0 Å². The van der Waals surface area contributed by atoms with Crippen LogP contribution in [0.5, 0.6) is 0 Å². The fourth-order valence-electron chi connectivity index (χ4n) is 2.00. The van der Waals surface area contributed by atoms with Crippen LogP contribution in [0.15, 0.2) is 29.3 Å². The molecular formula is C16H20N4O3. The van der Waals surface area contributed by atoms with Crippen molar-refractivity contribution in [2.45, 2.75) is 20.8 Å². The van der Waals surface area contributed by atoms with Crippen molar-refractivity contribution in [3.63, 3.8) is 0 Å². The number of carbonyl (C=O) groups is 2. The third-order valence-electron chi connectivity index (χ3n) is 3.33. The Labute approximate surface area is 133 Å². The maximum atomic E-state index is 12.3. The van der Waals surface area contributed by atoms with E-state index in [0.717, 1.165) is 5.56 Å². The van der Waals surface area contributed by atoms with E-state index in [1.165, 1.54) is 10.6 Å². The van der Waals surface area contributed by atoms with Crippen LogP contribution in [0.1, 0.15) is 29.8 Å². The van der Waals surface area contributed by atoms with Crippen LogP contribution in [-0.2, 0) is 4.79 Å². The summed E-state index contributed by atoms with van der Waals surface area (Å²) in [5.74, 6) is -0.692. The van der Waals surface area contributed by atoms with Crippen molar-refractivity contribution in [1.82, 2.24) is 20.0 Å². The van der Waals surface area contributed by atoms with Gasteiger partial charge in [0.05, 0.1) is 0 Å². The second kappa shape index (κ2) is 7.04. The fourth-order valence-corrected chi connectivity index (χ4v) is 2.00. The Hall–Kier alpha value is -2.70. The van der Waals surface area contributed by atoms with Crippen molar-refractivity contribution >= 4 is 17.5 Å². The van der Waals surface area contributed by atoms with E-state index in [4.69, 9.17) is 0 Å². The van der Waals surface area contributed by atoms with Crippen LogP contribution in [0.4, 0.5) is 0 Å². The van der Waals surface area contributed by atoms with E-state index in [-0.39, 0.29) is 23.9 Å². The molecule has 0 unspecified atom stereocenters. The summed E-state index contributed by atoms with van der Waals surface area (Å²) in [5.41, 5.74) is 0.947. The Kier molecular flexibility index (Phi) is 5.10. The number of aryl methyl sites for hydroxylation is 1. The van der Waals surface area contributed by atoms with Gasteiger partial charge in [0.2, 0.25) is 5.91 Å². The van der Waals surface area contributed by atoms with Gasteiger partial charge in [0, 0.05) is 31.4 Å². The zero-order valence-corrected chi connectivity index (χ0v) is 13.4. The van der Waals surface area contributed by atoms with E-state index in [0.29, 0.717) is 12.2 Å². The number of carbonyl (C=O) groups excluding carboxylic acids is 2. The van der Waals surface area contributed by atoms with Crippen LogP contribution in [0.25, 0.3) is 5.65 Å². The van der Waals surface area contributed by atoms with Crippen molar-refractivity contribution in [3.8, 4) is 0 Å². The Balaban J connectivity index is 2.05. The van der Waals surface area contributed by atoms with Crippen LogP contribution in [0, 0.1) is 12.8 Å². The molecule has 0 spiro atoms. The summed E-state index contributed by atoms with van der Waals surface area (Å²) in [6, 6.07) is 3.57. The van der Waals surface area contributed by atoms with Crippen molar-refractivity contribution in [2.75, 3.05) is 13.1 Å². The average Bonchev–Trinajstić information content (AvgIpc) is 2.51. The summed E-state index contributed by atoms with van der Waals surface area (Å²) in [4.78, 5) is 40.0. The highest BCUT2D eigenvalue weighted by atomic mass is 16.2. The molecule has 7 heteroatoms. The monoisotopic (exact) mass is 316 g/mol. The first-order chi connectivity index (χ1) is 10.9. The highest BCUT2D eigenvalue weighted by Gasteiger charge is 2.13. The van der Waals surface area contributed by atoms with Crippen LogP contribution in [-0.4, -0.2) is 34.3 Å². The molecule has 0 bridgehead atoms. The predicted molar refractivity (Wildman–Crippen MR) is 86.4 cm³/mol. The van der Waals surface area contributed by atoms with Gasteiger partial charge in [-0.25, -0.2) is 4.98 Å². The molecular weight excluding hydrogens is 296 g/mol. The van der Waals surface area contributed by atoms with Gasteiger partial charge in [-0.05, 0) is 18.6 Å². The molecule has 23 heavy (non-hydrogen) atoms. The van der Waals surface area contributed by atoms with E-state index in [9.17, 15) is 14.4 Å². The number of aromatic nitrogens is 2. The molecule has 2 rings (SSSR count). The number of amides is 2. The number of fused-ring (bicyclic) bond motifs is 1.